The molecule has 1 aromatic heterocycles. The van der Waals surface area contributed by atoms with Crippen LogP contribution < -0.4 is 5.32 Å². The fourth-order valence-corrected chi connectivity index (χ4v) is 1.54. The SMILES string of the molecule is CCc1cc(NCc2ccc(F)cc2F)ncn1. The van der Waals surface area contributed by atoms with Gasteiger partial charge in [-0.25, -0.2) is 18.7 Å². The van der Waals surface area contributed by atoms with Crippen molar-refractivity contribution in [1.29, 1.82) is 0 Å². The second-order valence-corrected chi connectivity index (χ2v) is 3.84. The largest absolute Gasteiger partial charge is 0.366 e. The minimum Gasteiger partial charge on any atom is -0.366 e. The summed E-state index contributed by atoms with van der Waals surface area (Å²) in [5.41, 5.74) is 1.31. The molecule has 0 radical (unpaired) electrons. The lowest BCUT2D eigenvalue weighted by Crippen LogP contribution is -2.04. The van der Waals surface area contributed by atoms with E-state index in [1.165, 1.54) is 18.5 Å². The van der Waals surface area contributed by atoms with Crippen molar-refractivity contribution >= 4 is 5.82 Å². The zero-order valence-corrected chi connectivity index (χ0v) is 9.95. The first-order valence-corrected chi connectivity index (χ1v) is 5.67. The molecule has 2 rings (SSSR count). The minimum absolute atomic E-state index is 0.256. The summed E-state index contributed by atoms with van der Waals surface area (Å²) >= 11 is 0. The first-order valence-electron chi connectivity index (χ1n) is 5.67. The number of aromatic nitrogens is 2. The van der Waals surface area contributed by atoms with Gasteiger partial charge in [0.1, 0.15) is 23.8 Å². The fraction of sp³-hybridized carbons (Fsp3) is 0.231. The number of anilines is 1. The summed E-state index contributed by atoms with van der Waals surface area (Å²) in [6.07, 6.45) is 2.27. The highest BCUT2D eigenvalue weighted by Gasteiger charge is 2.04. The molecule has 0 fully saturated rings. The smallest absolute Gasteiger partial charge is 0.131 e. The average molecular weight is 249 g/mol. The Morgan fingerprint density at radius 1 is 1.17 bits per heavy atom. The molecule has 18 heavy (non-hydrogen) atoms. The first kappa shape index (κ1) is 12.4. The second kappa shape index (κ2) is 5.53. The zero-order valence-electron chi connectivity index (χ0n) is 9.95. The Kier molecular flexibility index (Phi) is 3.82. The Morgan fingerprint density at radius 3 is 2.72 bits per heavy atom. The maximum Gasteiger partial charge on any atom is 0.131 e. The van der Waals surface area contributed by atoms with Gasteiger partial charge in [-0.05, 0) is 12.5 Å². The molecule has 1 N–H and O–H groups in total. The molecular weight excluding hydrogens is 236 g/mol. The van der Waals surface area contributed by atoms with Crippen molar-refractivity contribution in [2.75, 3.05) is 5.32 Å². The highest BCUT2D eigenvalue weighted by Crippen LogP contribution is 2.12. The molecule has 0 aliphatic heterocycles. The molecule has 94 valence electrons. The first-order chi connectivity index (χ1) is 8.69. The number of benzene rings is 1. The number of rotatable bonds is 4. The van der Waals surface area contributed by atoms with Crippen LogP contribution in [0.3, 0.4) is 0 Å². The van der Waals surface area contributed by atoms with Crippen LogP contribution >= 0.6 is 0 Å². The van der Waals surface area contributed by atoms with Crippen molar-refractivity contribution in [1.82, 2.24) is 9.97 Å². The van der Waals surface area contributed by atoms with E-state index >= 15 is 0 Å². The molecule has 0 saturated carbocycles. The molecule has 0 unspecified atom stereocenters. The summed E-state index contributed by atoms with van der Waals surface area (Å²) < 4.78 is 26.1. The van der Waals surface area contributed by atoms with E-state index in [-0.39, 0.29) is 6.54 Å². The predicted octanol–water partition coefficient (Wildman–Crippen LogP) is 2.93. The van der Waals surface area contributed by atoms with E-state index in [0.29, 0.717) is 11.4 Å². The number of hydrogen-bond donors (Lipinski definition) is 1. The van der Waals surface area contributed by atoms with E-state index in [1.807, 2.05) is 6.92 Å². The standard InChI is InChI=1S/C13H13F2N3/c1-2-11-6-13(18-8-17-11)16-7-9-3-4-10(14)5-12(9)15/h3-6,8H,2,7H2,1H3,(H,16,17,18). The zero-order chi connectivity index (χ0) is 13.0. The predicted molar refractivity (Wildman–Crippen MR) is 65.1 cm³/mol. The van der Waals surface area contributed by atoms with Crippen LogP contribution in [-0.2, 0) is 13.0 Å². The summed E-state index contributed by atoms with van der Waals surface area (Å²) in [6.45, 7) is 2.25. The number of nitrogens with zero attached hydrogens (tertiary/aromatic N) is 2. The summed E-state index contributed by atoms with van der Waals surface area (Å²) in [5, 5.41) is 2.98. The van der Waals surface area contributed by atoms with E-state index in [0.717, 1.165) is 18.2 Å². The van der Waals surface area contributed by atoms with Crippen molar-refractivity contribution in [3.05, 3.63) is 53.5 Å². The van der Waals surface area contributed by atoms with Crippen LogP contribution in [0.5, 0.6) is 0 Å². The highest BCUT2D eigenvalue weighted by molar-refractivity contribution is 5.36. The Bertz CT molecular complexity index is 544. The molecular formula is C13H13F2N3. The van der Waals surface area contributed by atoms with Gasteiger partial charge in [0.05, 0.1) is 0 Å². The quantitative estimate of drug-likeness (QED) is 0.905. The molecule has 1 aromatic carbocycles. The molecule has 0 amide bonds. The van der Waals surface area contributed by atoms with Gasteiger partial charge in [0.25, 0.3) is 0 Å². The molecule has 0 saturated heterocycles. The lowest BCUT2D eigenvalue weighted by Gasteiger charge is -2.07. The van der Waals surface area contributed by atoms with Crippen molar-refractivity contribution in [3.63, 3.8) is 0 Å². The van der Waals surface area contributed by atoms with Crippen LogP contribution in [0.1, 0.15) is 18.2 Å². The lowest BCUT2D eigenvalue weighted by molar-refractivity contribution is 0.574. The molecule has 5 heteroatoms. The summed E-state index contributed by atoms with van der Waals surface area (Å²) in [5.74, 6) is -0.510. The summed E-state index contributed by atoms with van der Waals surface area (Å²) in [7, 11) is 0. The van der Waals surface area contributed by atoms with Gasteiger partial charge in [0, 0.05) is 29.9 Å². The van der Waals surface area contributed by atoms with Crippen molar-refractivity contribution in [2.45, 2.75) is 19.9 Å². The van der Waals surface area contributed by atoms with Crippen LogP contribution in [0, 0.1) is 11.6 Å². The van der Waals surface area contributed by atoms with Gasteiger partial charge in [0.2, 0.25) is 0 Å². The van der Waals surface area contributed by atoms with Gasteiger partial charge in [-0.15, -0.1) is 0 Å². The maximum atomic E-state index is 13.4. The van der Waals surface area contributed by atoms with Crippen LogP contribution in [0.4, 0.5) is 14.6 Å². The molecule has 0 bridgehead atoms. The topological polar surface area (TPSA) is 37.8 Å². The van der Waals surface area contributed by atoms with Gasteiger partial charge in [-0.3, -0.25) is 0 Å². The van der Waals surface area contributed by atoms with E-state index in [9.17, 15) is 8.78 Å². The summed E-state index contributed by atoms with van der Waals surface area (Å²) in [4.78, 5) is 8.10. The van der Waals surface area contributed by atoms with E-state index in [2.05, 4.69) is 15.3 Å². The normalized spacial score (nSPS) is 10.4. The number of halogens is 2. The molecule has 3 nitrogen and oxygen atoms in total. The van der Waals surface area contributed by atoms with Gasteiger partial charge >= 0.3 is 0 Å². The van der Waals surface area contributed by atoms with Crippen LogP contribution in [0.25, 0.3) is 0 Å². The highest BCUT2D eigenvalue weighted by atomic mass is 19.1. The van der Waals surface area contributed by atoms with Crippen molar-refractivity contribution in [2.24, 2.45) is 0 Å². The van der Waals surface area contributed by atoms with E-state index < -0.39 is 11.6 Å². The van der Waals surface area contributed by atoms with E-state index in [4.69, 9.17) is 0 Å². The van der Waals surface area contributed by atoms with Gasteiger partial charge in [-0.2, -0.15) is 0 Å². The Balaban J connectivity index is 2.06. The number of nitrogens with one attached hydrogen (secondary N) is 1. The van der Waals surface area contributed by atoms with Gasteiger partial charge in [0.15, 0.2) is 0 Å². The Hall–Kier alpha value is -2.04. The third-order valence-electron chi connectivity index (χ3n) is 2.56. The number of hydrogen-bond acceptors (Lipinski definition) is 3. The van der Waals surface area contributed by atoms with Crippen LogP contribution in [0.15, 0.2) is 30.6 Å². The fourth-order valence-electron chi connectivity index (χ4n) is 1.54. The minimum atomic E-state index is -0.577. The van der Waals surface area contributed by atoms with Crippen LogP contribution in [0.2, 0.25) is 0 Å². The molecule has 2 aromatic rings. The maximum absolute atomic E-state index is 13.4. The summed E-state index contributed by atoms with van der Waals surface area (Å²) in [6, 6.07) is 5.33. The van der Waals surface area contributed by atoms with Crippen molar-refractivity contribution < 1.29 is 8.78 Å². The molecule has 0 aliphatic carbocycles. The third kappa shape index (κ3) is 3.00. The Labute approximate surface area is 104 Å². The molecule has 0 spiro atoms. The average Bonchev–Trinajstić information content (AvgIpc) is 2.38. The van der Waals surface area contributed by atoms with Gasteiger partial charge < -0.3 is 5.32 Å². The third-order valence-corrected chi connectivity index (χ3v) is 2.56. The van der Waals surface area contributed by atoms with Gasteiger partial charge in [-0.1, -0.05) is 13.0 Å². The van der Waals surface area contributed by atoms with E-state index in [1.54, 1.807) is 6.07 Å². The monoisotopic (exact) mass is 249 g/mol. The molecule has 0 atom stereocenters. The van der Waals surface area contributed by atoms with Crippen molar-refractivity contribution in [3.8, 4) is 0 Å². The lowest BCUT2D eigenvalue weighted by atomic mass is 10.2. The second-order valence-electron chi connectivity index (χ2n) is 3.84. The molecule has 1 heterocycles. The van der Waals surface area contributed by atoms with Crippen LogP contribution in [-0.4, -0.2) is 9.97 Å². The number of aryl methyl sites for hydroxylation is 1. The Morgan fingerprint density at radius 2 is 2.00 bits per heavy atom. The molecule has 0 aliphatic rings.